The summed E-state index contributed by atoms with van der Waals surface area (Å²) in [5.74, 6) is 0. The summed E-state index contributed by atoms with van der Waals surface area (Å²) in [7, 11) is 0. The molecule has 0 atom stereocenters. The number of para-hydroxylation sites is 1. The SMILES string of the molecule is Clc1ccc2c(-c3ccc(/C=C/c4ccc(-c5cnn(-c6ccccc6)n5)cc4)c(Cl)c3)noc2c1. The molecule has 6 aromatic rings. The van der Waals surface area contributed by atoms with Gasteiger partial charge in [-0.2, -0.15) is 9.90 Å². The molecule has 0 radical (unpaired) electrons. The van der Waals surface area contributed by atoms with Gasteiger partial charge in [-0.1, -0.05) is 95.1 Å². The van der Waals surface area contributed by atoms with E-state index in [-0.39, 0.29) is 0 Å². The third-order valence-electron chi connectivity index (χ3n) is 5.85. The third-order valence-corrected chi connectivity index (χ3v) is 6.41. The van der Waals surface area contributed by atoms with Crippen molar-refractivity contribution in [3.8, 4) is 28.2 Å². The molecule has 0 aliphatic rings. The Morgan fingerprint density at radius 3 is 2.39 bits per heavy atom. The predicted molar refractivity (Wildman–Crippen MR) is 145 cm³/mol. The zero-order valence-electron chi connectivity index (χ0n) is 18.8. The topological polar surface area (TPSA) is 56.7 Å². The summed E-state index contributed by atoms with van der Waals surface area (Å²) in [6.45, 7) is 0. The van der Waals surface area contributed by atoms with Crippen molar-refractivity contribution in [2.75, 3.05) is 0 Å². The Bertz CT molecular complexity index is 1700. The lowest BCUT2D eigenvalue weighted by Gasteiger charge is -2.03. The van der Waals surface area contributed by atoms with Crippen LogP contribution in [0, 0.1) is 0 Å². The predicted octanol–water partition coefficient (Wildman–Crippen LogP) is 8.22. The fourth-order valence-electron chi connectivity index (χ4n) is 3.96. The molecular formula is C29H18Cl2N4O. The molecule has 2 aromatic heterocycles. The molecule has 4 aromatic carbocycles. The molecule has 6 rings (SSSR count). The quantitative estimate of drug-likeness (QED) is 0.220. The fraction of sp³-hybridized carbons (Fsp3) is 0. The van der Waals surface area contributed by atoms with Crippen LogP contribution in [0.2, 0.25) is 10.0 Å². The first-order chi connectivity index (χ1) is 17.6. The number of nitrogens with zero attached hydrogens (tertiary/aromatic N) is 4. The molecule has 7 heteroatoms. The van der Waals surface area contributed by atoms with Gasteiger partial charge >= 0.3 is 0 Å². The van der Waals surface area contributed by atoms with Gasteiger partial charge in [-0.25, -0.2) is 0 Å². The number of benzene rings is 4. The van der Waals surface area contributed by atoms with Gasteiger partial charge < -0.3 is 4.52 Å². The van der Waals surface area contributed by atoms with Crippen molar-refractivity contribution in [1.29, 1.82) is 0 Å². The molecule has 174 valence electrons. The average Bonchev–Trinajstić information content (AvgIpc) is 3.56. The molecule has 0 unspecified atom stereocenters. The highest BCUT2D eigenvalue weighted by atomic mass is 35.5. The Balaban J connectivity index is 1.20. The van der Waals surface area contributed by atoms with E-state index in [1.54, 1.807) is 17.1 Å². The minimum Gasteiger partial charge on any atom is -0.356 e. The van der Waals surface area contributed by atoms with E-state index < -0.39 is 0 Å². The third kappa shape index (κ3) is 4.42. The van der Waals surface area contributed by atoms with Crippen LogP contribution in [-0.2, 0) is 0 Å². The van der Waals surface area contributed by atoms with Gasteiger partial charge in [0.25, 0.3) is 0 Å². The van der Waals surface area contributed by atoms with E-state index in [9.17, 15) is 0 Å². The van der Waals surface area contributed by atoms with Crippen LogP contribution in [0.15, 0.2) is 102 Å². The van der Waals surface area contributed by atoms with Crippen molar-refractivity contribution in [2.24, 2.45) is 0 Å². The van der Waals surface area contributed by atoms with Crippen LogP contribution in [0.25, 0.3) is 51.3 Å². The lowest BCUT2D eigenvalue weighted by atomic mass is 10.0. The number of fused-ring (bicyclic) bond motifs is 1. The molecule has 0 aliphatic heterocycles. The second-order valence-electron chi connectivity index (χ2n) is 8.22. The average molecular weight is 509 g/mol. The summed E-state index contributed by atoms with van der Waals surface area (Å²) in [5, 5.41) is 15.3. The van der Waals surface area contributed by atoms with Crippen LogP contribution in [0.3, 0.4) is 0 Å². The highest BCUT2D eigenvalue weighted by molar-refractivity contribution is 6.32. The first kappa shape index (κ1) is 22.3. The molecule has 0 N–H and O–H groups in total. The Labute approximate surface area is 217 Å². The van der Waals surface area contributed by atoms with Gasteiger partial charge in [0.1, 0.15) is 11.4 Å². The molecule has 0 amide bonds. The summed E-state index contributed by atoms with van der Waals surface area (Å²) < 4.78 is 5.42. The van der Waals surface area contributed by atoms with Crippen molar-refractivity contribution < 1.29 is 4.52 Å². The van der Waals surface area contributed by atoms with Crippen molar-refractivity contribution in [3.05, 3.63) is 118 Å². The Morgan fingerprint density at radius 2 is 1.58 bits per heavy atom. The zero-order chi connectivity index (χ0) is 24.5. The van der Waals surface area contributed by atoms with E-state index in [2.05, 4.69) is 15.4 Å². The van der Waals surface area contributed by atoms with E-state index in [1.807, 2.05) is 97.1 Å². The molecular weight excluding hydrogens is 491 g/mol. The number of hydrogen-bond donors (Lipinski definition) is 0. The van der Waals surface area contributed by atoms with Crippen LogP contribution in [0.5, 0.6) is 0 Å². The number of halogens is 2. The lowest BCUT2D eigenvalue weighted by molar-refractivity contribution is 0.459. The van der Waals surface area contributed by atoms with E-state index >= 15 is 0 Å². The van der Waals surface area contributed by atoms with Gasteiger partial charge in [0.2, 0.25) is 0 Å². The fourth-order valence-corrected chi connectivity index (χ4v) is 4.37. The largest absolute Gasteiger partial charge is 0.356 e. The van der Waals surface area contributed by atoms with Crippen LogP contribution in [0.1, 0.15) is 11.1 Å². The molecule has 0 aliphatic carbocycles. The summed E-state index contributed by atoms with van der Waals surface area (Å²) in [6, 6.07) is 29.3. The van der Waals surface area contributed by atoms with Gasteiger partial charge in [-0.15, -0.1) is 5.10 Å². The van der Waals surface area contributed by atoms with E-state index in [0.717, 1.165) is 44.7 Å². The molecule has 2 heterocycles. The van der Waals surface area contributed by atoms with Gasteiger partial charge in [0.05, 0.1) is 11.9 Å². The van der Waals surface area contributed by atoms with Gasteiger partial charge in [0, 0.05) is 32.6 Å². The maximum atomic E-state index is 6.60. The van der Waals surface area contributed by atoms with Crippen LogP contribution < -0.4 is 0 Å². The summed E-state index contributed by atoms with van der Waals surface area (Å²) in [5.41, 5.74) is 6.95. The second kappa shape index (κ2) is 9.46. The van der Waals surface area contributed by atoms with Gasteiger partial charge in [0.15, 0.2) is 5.58 Å². The van der Waals surface area contributed by atoms with E-state index in [4.69, 9.17) is 27.7 Å². The van der Waals surface area contributed by atoms with Crippen molar-refractivity contribution >= 4 is 46.3 Å². The van der Waals surface area contributed by atoms with Crippen molar-refractivity contribution in [1.82, 2.24) is 20.2 Å². The second-order valence-corrected chi connectivity index (χ2v) is 9.06. The first-order valence-corrected chi connectivity index (χ1v) is 12.0. The highest BCUT2D eigenvalue weighted by Gasteiger charge is 2.12. The molecule has 0 saturated carbocycles. The molecule has 0 saturated heterocycles. The van der Waals surface area contributed by atoms with E-state index in [0.29, 0.717) is 15.6 Å². The van der Waals surface area contributed by atoms with Gasteiger partial charge in [-0.3, -0.25) is 0 Å². The Hall–Kier alpha value is -4.19. The first-order valence-electron chi connectivity index (χ1n) is 11.3. The monoisotopic (exact) mass is 508 g/mol. The molecule has 5 nitrogen and oxygen atoms in total. The number of aromatic nitrogens is 4. The molecule has 36 heavy (non-hydrogen) atoms. The summed E-state index contributed by atoms with van der Waals surface area (Å²) in [6.07, 6.45) is 5.79. The lowest BCUT2D eigenvalue weighted by Crippen LogP contribution is -1.97. The summed E-state index contributed by atoms with van der Waals surface area (Å²) in [4.78, 5) is 1.63. The highest BCUT2D eigenvalue weighted by Crippen LogP contribution is 2.32. The Morgan fingerprint density at radius 1 is 0.778 bits per heavy atom. The minimum absolute atomic E-state index is 0.607. The smallest absolute Gasteiger partial charge is 0.169 e. The maximum Gasteiger partial charge on any atom is 0.169 e. The molecule has 0 fully saturated rings. The minimum atomic E-state index is 0.607. The Kier molecular flexibility index (Phi) is 5.85. The number of rotatable bonds is 5. The van der Waals surface area contributed by atoms with Crippen LogP contribution in [-0.4, -0.2) is 20.2 Å². The van der Waals surface area contributed by atoms with Crippen molar-refractivity contribution in [2.45, 2.75) is 0 Å². The molecule has 0 spiro atoms. The van der Waals surface area contributed by atoms with Crippen molar-refractivity contribution in [3.63, 3.8) is 0 Å². The normalized spacial score (nSPS) is 11.5. The molecule has 0 bridgehead atoms. The summed E-state index contributed by atoms with van der Waals surface area (Å²) >= 11 is 12.6. The maximum absolute atomic E-state index is 6.60. The van der Waals surface area contributed by atoms with E-state index in [1.165, 1.54) is 0 Å². The van der Waals surface area contributed by atoms with Crippen LogP contribution >= 0.6 is 23.2 Å². The van der Waals surface area contributed by atoms with Crippen LogP contribution in [0.4, 0.5) is 0 Å². The van der Waals surface area contributed by atoms with Gasteiger partial charge in [-0.05, 0) is 41.5 Å². The zero-order valence-corrected chi connectivity index (χ0v) is 20.4. The standard InChI is InChI=1S/C29H18Cl2N4O/c30-23-14-15-25-28(17-23)36-34-29(25)22-13-12-20(26(31)16-22)9-6-19-7-10-21(11-8-19)27-18-32-35(33-27)24-4-2-1-3-5-24/h1-18H/b9-6+. The number of hydrogen-bond acceptors (Lipinski definition) is 4.